The van der Waals surface area contributed by atoms with Gasteiger partial charge in [0.15, 0.2) is 5.65 Å². The van der Waals surface area contributed by atoms with E-state index in [9.17, 15) is 8.42 Å². The van der Waals surface area contributed by atoms with Gasteiger partial charge < -0.3 is 4.90 Å². The van der Waals surface area contributed by atoms with E-state index < -0.39 is 10.0 Å². The Morgan fingerprint density at radius 3 is 2.67 bits per heavy atom. The highest BCUT2D eigenvalue weighted by Gasteiger charge is 2.39. The monoisotopic (exact) mass is 350 g/mol. The summed E-state index contributed by atoms with van der Waals surface area (Å²) in [6, 6.07) is 3.88. The molecular weight excluding hydrogens is 328 g/mol. The van der Waals surface area contributed by atoms with Crippen LogP contribution in [0.25, 0.3) is 5.65 Å². The molecule has 0 unspecified atom stereocenters. The van der Waals surface area contributed by atoms with Gasteiger partial charge in [0.1, 0.15) is 12.1 Å². The second-order valence-corrected chi connectivity index (χ2v) is 9.10. The van der Waals surface area contributed by atoms with E-state index in [1.807, 2.05) is 12.1 Å². The van der Waals surface area contributed by atoms with Crippen molar-refractivity contribution in [3.8, 4) is 0 Å². The zero-order valence-electron chi connectivity index (χ0n) is 13.7. The number of hydrogen-bond acceptors (Lipinski definition) is 6. The molecule has 130 valence electrons. The van der Waals surface area contributed by atoms with Crippen LogP contribution in [0.3, 0.4) is 0 Å². The Bertz CT molecular complexity index is 823. The molecule has 3 heterocycles. The first-order valence-corrected chi connectivity index (χ1v) is 9.91. The highest BCUT2D eigenvalue weighted by Crippen LogP contribution is 2.31. The molecule has 8 nitrogen and oxygen atoms in total. The second kappa shape index (κ2) is 5.96. The molecule has 1 aliphatic carbocycles. The maximum Gasteiger partial charge on any atom is 0.216 e. The summed E-state index contributed by atoms with van der Waals surface area (Å²) in [5, 5.41) is 12.2. The van der Waals surface area contributed by atoms with E-state index in [0.717, 1.165) is 50.2 Å². The molecule has 0 bridgehead atoms. The Hall–Kier alpha value is -1.74. The van der Waals surface area contributed by atoms with Gasteiger partial charge in [-0.25, -0.2) is 12.7 Å². The summed E-state index contributed by atoms with van der Waals surface area (Å²) in [4.78, 5) is 2.24. The summed E-state index contributed by atoms with van der Waals surface area (Å²) in [6.07, 6.45) is 5.20. The van der Waals surface area contributed by atoms with Crippen molar-refractivity contribution < 1.29 is 8.42 Å². The van der Waals surface area contributed by atoms with Crippen molar-refractivity contribution in [3.63, 3.8) is 0 Å². The summed E-state index contributed by atoms with van der Waals surface area (Å²) >= 11 is 0. The van der Waals surface area contributed by atoms with Crippen molar-refractivity contribution in [1.29, 1.82) is 0 Å². The van der Waals surface area contributed by atoms with Crippen LogP contribution in [0.5, 0.6) is 0 Å². The van der Waals surface area contributed by atoms with E-state index in [4.69, 9.17) is 0 Å². The van der Waals surface area contributed by atoms with Crippen LogP contribution in [0, 0.1) is 5.92 Å². The lowest BCUT2D eigenvalue weighted by Crippen LogP contribution is -2.40. The number of piperidine rings is 1. The van der Waals surface area contributed by atoms with E-state index in [1.54, 1.807) is 22.2 Å². The fourth-order valence-corrected chi connectivity index (χ4v) is 4.98. The average Bonchev–Trinajstić information content (AvgIpc) is 3.34. The molecule has 0 aromatic carbocycles. The van der Waals surface area contributed by atoms with E-state index in [-0.39, 0.29) is 5.25 Å². The van der Waals surface area contributed by atoms with Gasteiger partial charge in [0, 0.05) is 26.7 Å². The van der Waals surface area contributed by atoms with Gasteiger partial charge in [-0.1, -0.05) is 0 Å². The lowest BCUT2D eigenvalue weighted by atomic mass is 9.97. The van der Waals surface area contributed by atoms with Gasteiger partial charge in [0.25, 0.3) is 0 Å². The standard InChI is InChI=1S/C15H22N6O2S/c1-19(24(22,23)13-2-3-13)10-12-6-8-20(9-7-12)15-5-4-14-17-16-11-21(14)18-15/h4-5,11-13H,2-3,6-10H2,1H3. The molecule has 4 rings (SSSR count). The third-order valence-corrected chi connectivity index (χ3v) is 7.31. The Balaban J connectivity index is 1.36. The van der Waals surface area contributed by atoms with Crippen LogP contribution in [-0.4, -0.2) is 64.5 Å². The van der Waals surface area contributed by atoms with Crippen LogP contribution in [0.2, 0.25) is 0 Å². The molecule has 1 saturated carbocycles. The molecule has 0 radical (unpaired) electrons. The van der Waals surface area contributed by atoms with E-state index in [1.165, 1.54) is 0 Å². The summed E-state index contributed by atoms with van der Waals surface area (Å²) < 4.78 is 27.7. The fraction of sp³-hybridized carbons (Fsp3) is 0.667. The Morgan fingerprint density at radius 1 is 1.21 bits per heavy atom. The third-order valence-electron chi connectivity index (χ3n) is 4.98. The Labute approximate surface area is 141 Å². The van der Waals surface area contributed by atoms with Crippen LogP contribution in [0.1, 0.15) is 25.7 Å². The van der Waals surface area contributed by atoms with E-state index in [0.29, 0.717) is 12.5 Å². The number of anilines is 1. The van der Waals surface area contributed by atoms with Gasteiger partial charge in [0.05, 0.1) is 5.25 Å². The minimum absolute atomic E-state index is 0.123. The van der Waals surface area contributed by atoms with Crippen LogP contribution < -0.4 is 4.90 Å². The van der Waals surface area contributed by atoms with Gasteiger partial charge in [-0.15, -0.1) is 15.3 Å². The number of hydrogen-bond donors (Lipinski definition) is 0. The summed E-state index contributed by atoms with van der Waals surface area (Å²) in [6.45, 7) is 2.41. The summed E-state index contributed by atoms with van der Waals surface area (Å²) in [5.41, 5.74) is 0.737. The van der Waals surface area contributed by atoms with E-state index in [2.05, 4.69) is 20.2 Å². The molecule has 2 fully saturated rings. The number of rotatable bonds is 5. The fourth-order valence-electron chi connectivity index (χ4n) is 3.32. The molecule has 0 amide bonds. The van der Waals surface area contributed by atoms with Gasteiger partial charge in [-0.05, 0) is 43.7 Å². The van der Waals surface area contributed by atoms with Gasteiger partial charge in [0.2, 0.25) is 10.0 Å². The largest absolute Gasteiger partial charge is 0.355 e. The second-order valence-electron chi connectivity index (χ2n) is 6.78. The molecular formula is C15H22N6O2S. The minimum Gasteiger partial charge on any atom is -0.355 e. The van der Waals surface area contributed by atoms with Crippen LogP contribution in [-0.2, 0) is 10.0 Å². The molecule has 2 aromatic rings. The SMILES string of the molecule is CN(CC1CCN(c2ccc3nncn3n2)CC1)S(=O)(=O)C1CC1. The topological polar surface area (TPSA) is 83.7 Å². The van der Waals surface area contributed by atoms with Crippen molar-refractivity contribution in [2.75, 3.05) is 31.6 Å². The van der Waals surface area contributed by atoms with Gasteiger partial charge >= 0.3 is 0 Å². The molecule has 2 aromatic heterocycles. The number of aromatic nitrogens is 4. The van der Waals surface area contributed by atoms with Crippen LogP contribution in [0.4, 0.5) is 5.82 Å². The lowest BCUT2D eigenvalue weighted by Gasteiger charge is -2.34. The Morgan fingerprint density at radius 2 is 1.96 bits per heavy atom. The summed E-state index contributed by atoms with van der Waals surface area (Å²) in [7, 11) is -1.33. The van der Waals surface area contributed by atoms with Crippen molar-refractivity contribution >= 4 is 21.5 Å². The minimum atomic E-state index is -3.06. The highest BCUT2D eigenvalue weighted by molar-refractivity contribution is 7.90. The first kappa shape index (κ1) is 15.8. The van der Waals surface area contributed by atoms with Crippen LogP contribution in [0.15, 0.2) is 18.5 Å². The summed E-state index contributed by atoms with van der Waals surface area (Å²) in [5.74, 6) is 1.33. The molecule has 1 saturated heterocycles. The van der Waals surface area contributed by atoms with Gasteiger partial charge in [-0.3, -0.25) is 0 Å². The number of nitrogens with zero attached hydrogens (tertiary/aromatic N) is 6. The van der Waals surface area contributed by atoms with Gasteiger partial charge in [-0.2, -0.15) is 4.52 Å². The van der Waals surface area contributed by atoms with Crippen molar-refractivity contribution in [1.82, 2.24) is 24.1 Å². The van der Waals surface area contributed by atoms with Crippen LogP contribution >= 0.6 is 0 Å². The lowest BCUT2D eigenvalue weighted by molar-refractivity contribution is 0.327. The molecule has 9 heteroatoms. The molecule has 0 atom stereocenters. The quantitative estimate of drug-likeness (QED) is 0.792. The highest BCUT2D eigenvalue weighted by atomic mass is 32.2. The maximum atomic E-state index is 12.2. The van der Waals surface area contributed by atoms with Crippen molar-refractivity contribution in [2.45, 2.75) is 30.9 Å². The average molecular weight is 350 g/mol. The predicted octanol–water partition coefficient (Wildman–Crippen LogP) is 0.765. The molecule has 0 N–H and O–H groups in total. The van der Waals surface area contributed by atoms with E-state index >= 15 is 0 Å². The molecule has 1 aliphatic heterocycles. The maximum absolute atomic E-state index is 12.2. The number of sulfonamides is 1. The van der Waals surface area contributed by atoms with Crippen molar-refractivity contribution in [2.24, 2.45) is 5.92 Å². The first-order valence-electron chi connectivity index (χ1n) is 8.41. The predicted molar refractivity (Wildman–Crippen MR) is 90.3 cm³/mol. The number of fused-ring (bicyclic) bond motifs is 1. The normalized spacial score (nSPS) is 20.2. The Kier molecular flexibility index (Phi) is 3.92. The van der Waals surface area contributed by atoms with Crippen molar-refractivity contribution in [3.05, 3.63) is 18.5 Å². The molecule has 2 aliphatic rings. The first-order chi connectivity index (χ1) is 11.5. The zero-order valence-corrected chi connectivity index (χ0v) is 14.6. The molecule has 0 spiro atoms. The molecule has 24 heavy (non-hydrogen) atoms. The zero-order chi connectivity index (χ0) is 16.7. The smallest absolute Gasteiger partial charge is 0.216 e. The third kappa shape index (κ3) is 2.98.